The third-order valence-corrected chi connectivity index (χ3v) is 6.17. The second kappa shape index (κ2) is 11.1. The van der Waals surface area contributed by atoms with Crippen molar-refractivity contribution in [2.75, 3.05) is 17.4 Å². The van der Waals surface area contributed by atoms with Crippen LogP contribution in [0.2, 0.25) is 0 Å². The zero-order valence-corrected chi connectivity index (χ0v) is 22.3. The van der Waals surface area contributed by atoms with Gasteiger partial charge in [0.15, 0.2) is 5.82 Å². The number of hydrogen-bond acceptors (Lipinski definition) is 10. The number of pyridine rings is 1. The van der Waals surface area contributed by atoms with Crippen LogP contribution in [0.1, 0.15) is 22.8 Å². The standard InChI is InChI=1S/C24H24F3N7O5S/c1-12-5-15(9-16(6-12)39-4)29-23-28-10-18(20(30-23)34-13(2)7-19(31-34)24(25,26)27)14-8-17(21(35)32-40(37)38)22(36)33(3)11-14/h5-11,19,31H,1-4H3,(H,32,35)(H,37,38)(H,28,29,30)/p-1. The molecular formula is C24H23F3N7O5S-. The minimum absolute atomic E-state index is 0.0287. The van der Waals surface area contributed by atoms with Crippen molar-refractivity contribution in [1.82, 2.24) is 24.7 Å². The summed E-state index contributed by atoms with van der Waals surface area (Å²) in [6.07, 6.45) is -0.989. The lowest BCUT2D eigenvalue weighted by molar-refractivity contribution is -0.142. The maximum atomic E-state index is 13.5. The van der Waals surface area contributed by atoms with E-state index in [0.717, 1.165) is 27.3 Å². The summed E-state index contributed by atoms with van der Waals surface area (Å²) in [5.74, 6) is -0.629. The zero-order valence-electron chi connectivity index (χ0n) is 21.5. The van der Waals surface area contributed by atoms with Crippen LogP contribution in [-0.4, -0.2) is 48.5 Å². The number of hydrazine groups is 1. The summed E-state index contributed by atoms with van der Waals surface area (Å²) in [6, 6.07) is 4.38. The fourth-order valence-electron chi connectivity index (χ4n) is 4.02. The lowest BCUT2D eigenvalue weighted by Crippen LogP contribution is -2.45. The minimum Gasteiger partial charge on any atom is -0.755 e. The summed E-state index contributed by atoms with van der Waals surface area (Å²) < 4.78 is 70.5. The number of carbonyl (C=O) groups is 1. The molecule has 2 unspecified atom stereocenters. The Labute approximate surface area is 228 Å². The number of benzene rings is 1. The van der Waals surface area contributed by atoms with Gasteiger partial charge in [-0.2, -0.15) is 18.2 Å². The Morgan fingerprint density at radius 3 is 2.58 bits per heavy atom. The summed E-state index contributed by atoms with van der Waals surface area (Å²) in [5, 5.41) is 4.12. The van der Waals surface area contributed by atoms with Crippen LogP contribution in [0.5, 0.6) is 5.75 Å². The van der Waals surface area contributed by atoms with Gasteiger partial charge in [0, 0.05) is 59.3 Å². The van der Waals surface area contributed by atoms with E-state index in [9.17, 15) is 31.5 Å². The van der Waals surface area contributed by atoms with Crippen LogP contribution >= 0.6 is 0 Å². The molecule has 12 nitrogen and oxygen atoms in total. The predicted molar refractivity (Wildman–Crippen MR) is 139 cm³/mol. The number of carbonyl (C=O) groups excluding carboxylic acids is 1. The molecular weight excluding hydrogens is 555 g/mol. The van der Waals surface area contributed by atoms with E-state index in [1.165, 1.54) is 33.5 Å². The number of nitrogens with zero attached hydrogens (tertiary/aromatic N) is 4. The number of aryl methyl sites for hydroxylation is 2. The molecule has 3 aromatic rings. The lowest BCUT2D eigenvalue weighted by Gasteiger charge is -2.25. The largest absolute Gasteiger partial charge is 0.755 e. The second-order valence-corrected chi connectivity index (χ2v) is 9.48. The molecule has 2 aromatic heterocycles. The lowest BCUT2D eigenvalue weighted by atomic mass is 10.1. The first-order valence-electron chi connectivity index (χ1n) is 11.5. The minimum atomic E-state index is -4.60. The third-order valence-electron chi connectivity index (χ3n) is 5.82. The van der Waals surface area contributed by atoms with Gasteiger partial charge in [0.2, 0.25) is 5.95 Å². The van der Waals surface area contributed by atoms with Gasteiger partial charge in [0.25, 0.3) is 11.5 Å². The van der Waals surface area contributed by atoms with Gasteiger partial charge in [-0.1, -0.05) is 0 Å². The van der Waals surface area contributed by atoms with Crippen molar-refractivity contribution < 1.29 is 31.5 Å². The van der Waals surface area contributed by atoms with Crippen molar-refractivity contribution in [2.45, 2.75) is 26.1 Å². The Hall–Kier alpha value is -4.28. The first-order valence-corrected chi connectivity index (χ1v) is 12.6. The van der Waals surface area contributed by atoms with Gasteiger partial charge in [-0.05, 0) is 43.7 Å². The second-order valence-electron chi connectivity index (χ2n) is 8.81. The Morgan fingerprint density at radius 2 is 1.95 bits per heavy atom. The monoisotopic (exact) mass is 578 g/mol. The highest BCUT2D eigenvalue weighted by Crippen LogP contribution is 2.35. The fourth-order valence-corrected chi connectivity index (χ4v) is 4.28. The first kappa shape index (κ1) is 28.7. The highest BCUT2D eigenvalue weighted by Gasteiger charge is 2.43. The van der Waals surface area contributed by atoms with Crippen LogP contribution in [-0.2, 0) is 18.3 Å². The number of anilines is 3. The number of rotatable bonds is 7. The van der Waals surface area contributed by atoms with Gasteiger partial charge >= 0.3 is 6.18 Å². The summed E-state index contributed by atoms with van der Waals surface area (Å²) in [6.45, 7) is 3.30. The first-order chi connectivity index (χ1) is 18.8. The Balaban J connectivity index is 1.85. The molecule has 0 saturated heterocycles. The number of allylic oxidation sites excluding steroid dienone is 1. The predicted octanol–water partition coefficient (Wildman–Crippen LogP) is 2.59. The number of aromatic nitrogens is 3. The molecule has 1 aromatic carbocycles. The Kier molecular flexibility index (Phi) is 7.95. The van der Waals surface area contributed by atoms with Crippen molar-refractivity contribution >= 4 is 34.6 Å². The van der Waals surface area contributed by atoms with Crippen molar-refractivity contribution in [1.29, 1.82) is 0 Å². The van der Waals surface area contributed by atoms with E-state index in [2.05, 4.69) is 20.7 Å². The van der Waals surface area contributed by atoms with E-state index in [1.807, 2.05) is 6.92 Å². The smallest absolute Gasteiger partial charge is 0.409 e. The van der Waals surface area contributed by atoms with E-state index >= 15 is 0 Å². The van der Waals surface area contributed by atoms with Gasteiger partial charge in [0.1, 0.15) is 17.4 Å². The fraction of sp³-hybridized carbons (Fsp3) is 0.250. The van der Waals surface area contributed by atoms with Gasteiger partial charge in [-0.15, -0.1) is 0 Å². The molecule has 0 saturated carbocycles. The number of hydrogen-bond donors (Lipinski definition) is 3. The molecule has 0 fully saturated rings. The molecule has 16 heteroatoms. The number of alkyl halides is 3. The molecule has 40 heavy (non-hydrogen) atoms. The molecule has 4 rings (SSSR count). The van der Waals surface area contributed by atoms with Crippen molar-refractivity contribution in [2.24, 2.45) is 7.05 Å². The van der Waals surface area contributed by atoms with Crippen molar-refractivity contribution in [3.8, 4) is 16.9 Å². The highest BCUT2D eigenvalue weighted by molar-refractivity contribution is 7.77. The SMILES string of the molecule is COc1cc(C)cc(Nc2ncc(-c3cc(C(=O)NS(=O)[O-])c(=O)n(C)c3)c(N3NC(C(F)(F)F)C=C3C)n2)c1. The summed E-state index contributed by atoms with van der Waals surface area (Å²) in [7, 11) is 2.83. The Bertz CT molecular complexity index is 1590. The summed E-state index contributed by atoms with van der Waals surface area (Å²) in [5.41, 5.74) is 2.94. The zero-order chi connectivity index (χ0) is 29.4. The van der Waals surface area contributed by atoms with Gasteiger partial charge in [-0.3, -0.25) is 23.5 Å². The summed E-state index contributed by atoms with van der Waals surface area (Å²) in [4.78, 5) is 33.7. The molecule has 1 aliphatic heterocycles. The normalized spacial score (nSPS) is 15.9. The van der Waals surface area contributed by atoms with Gasteiger partial charge in [0.05, 0.1) is 7.11 Å². The van der Waals surface area contributed by atoms with E-state index in [1.54, 1.807) is 22.9 Å². The van der Waals surface area contributed by atoms with Crippen LogP contribution in [0, 0.1) is 6.92 Å². The molecule has 1 aliphatic rings. The summed E-state index contributed by atoms with van der Waals surface area (Å²) >= 11 is -2.98. The molecule has 1 amide bonds. The molecule has 0 bridgehead atoms. The van der Waals surface area contributed by atoms with Crippen LogP contribution in [0.15, 0.2) is 53.2 Å². The van der Waals surface area contributed by atoms with E-state index in [4.69, 9.17) is 4.74 Å². The molecule has 0 radical (unpaired) electrons. The average Bonchev–Trinajstić information content (AvgIpc) is 3.26. The average molecular weight is 579 g/mol. The van der Waals surface area contributed by atoms with E-state index in [0.29, 0.717) is 11.4 Å². The maximum Gasteiger partial charge on any atom is 0.409 e. The number of ether oxygens (including phenoxy) is 1. The topological polar surface area (TPSA) is 154 Å². The number of halogens is 3. The van der Waals surface area contributed by atoms with E-state index < -0.39 is 40.5 Å². The Morgan fingerprint density at radius 1 is 1.23 bits per heavy atom. The third kappa shape index (κ3) is 6.13. The van der Waals surface area contributed by atoms with Crippen molar-refractivity contribution in [3.63, 3.8) is 0 Å². The van der Waals surface area contributed by atoms with Crippen LogP contribution < -0.4 is 30.8 Å². The van der Waals surface area contributed by atoms with Crippen LogP contribution in [0.3, 0.4) is 0 Å². The van der Waals surface area contributed by atoms with E-state index in [-0.39, 0.29) is 28.6 Å². The van der Waals surface area contributed by atoms with Crippen LogP contribution in [0.25, 0.3) is 11.1 Å². The van der Waals surface area contributed by atoms with Crippen LogP contribution in [0.4, 0.5) is 30.6 Å². The molecule has 3 N–H and O–H groups in total. The highest BCUT2D eigenvalue weighted by atomic mass is 32.2. The molecule has 2 atom stereocenters. The van der Waals surface area contributed by atoms with Crippen molar-refractivity contribution in [3.05, 3.63) is 69.9 Å². The molecule has 3 heterocycles. The molecule has 0 aliphatic carbocycles. The quantitative estimate of drug-likeness (QED) is 0.357. The number of methoxy groups -OCH3 is 1. The molecule has 212 valence electrons. The maximum absolute atomic E-state index is 13.5. The number of nitrogens with one attached hydrogen (secondary N) is 3. The molecule has 0 spiro atoms. The number of amides is 1. The van der Waals surface area contributed by atoms with Gasteiger partial charge in [-0.25, -0.2) is 10.4 Å². The van der Waals surface area contributed by atoms with Gasteiger partial charge < -0.3 is 19.2 Å².